The summed E-state index contributed by atoms with van der Waals surface area (Å²) in [7, 11) is -1.89. The Labute approximate surface area is 128 Å². The minimum atomic E-state index is -3.55. The van der Waals surface area contributed by atoms with Crippen molar-refractivity contribution < 1.29 is 13.2 Å². The predicted molar refractivity (Wildman–Crippen MR) is 80.8 cm³/mol. The fraction of sp³-hybridized carbons (Fsp3) is 0.538. The fourth-order valence-electron chi connectivity index (χ4n) is 2.42. The number of sulfonamides is 1. The van der Waals surface area contributed by atoms with Crippen molar-refractivity contribution >= 4 is 26.0 Å². The molecule has 0 spiro atoms. The molecule has 0 aromatic heterocycles. The van der Waals surface area contributed by atoms with Gasteiger partial charge in [0.1, 0.15) is 0 Å². The van der Waals surface area contributed by atoms with Crippen LogP contribution in [0, 0.1) is 0 Å². The highest BCUT2D eigenvalue weighted by Crippen LogP contribution is 2.26. The van der Waals surface area contributed by atoms with E-state index in [9.17, 15) is 8.42 Å². The van der Waals surface area contributed by atoms with Gasteiger partial charge in [-0.25, -0.2) is 13.1 Å². The molecule has 1 aliphatic carbocycles. The Bertz CT molecular complexity index is 577. The SMILES string of the molecule is COC1CCC(NS(=O)(=O)c2cc(CN)ccc2Br)C1. The van der Waals surface area contributed by atoms with Crippen LogP contribution in [0.3, 0.4) is 0 Å². The minimum Gasteiger partial charge on any atom is -0.381 e. The van der Waals surface area contributed by atoms with E-state index in [2.05, 4.69) is 20.7 Å². The lowest BCUT2D eigenvalue weighted by Gasteiger charge is -2.15. The average molecular weight is 363 g/mol. The number of hydrogen-bond acceptors (Lipinski definition) is 4. The molecule has 20 heavy (non-hydrogen) atoms. The summed E-state index contributed by atoms with van der Waals surface area (Å²) in [5, 5.41) is 0. The van der Waals surface area contributed by atoms with Crippen LogP contribution in [0.4, 0.5) is 0 Å². The molecule has 5 nitrogen and oxygen atoms in total. The molecule has 1 aromatic carbocycles. The van der Waals surface area contributed by atoms with Gasteiger partial charge in [0, 0.05) is 24.2 Å². The largest absolute Gasteiger partial charge is 0.381 e. The van der Waals surface area contributed by atoms with Gasteiger partial charge in [0.15, 0.2) is 0 Å². The molecule has 1 aliphatic rings. The zero-order valence-corrected chi connectivity index (χ0v) is 13.7. The van der Waals surface area contributed by atoms with E-state index in [1.807, 2.05) is 0 Å². The van der Waals surface area contributed by atoms with Gasteiger partial charge in [0.25, 0.3) is 0 Å². The van der Waals surface area contributed by atoms with Gasteiger partial charge in [0.05, 0.1) is 11.0 Å². The van der Waals surface area contributed by atoms with E-state index in [4.69, 9.17) is 10.5 Å². The summed E-state index contributed by atoms with van der Waals surface area (Å²) in [5.41, 5.74) is 6.35. The van der Waals surface area contributed by atoms with Crippen molar-refractivity contribution in [1.29, 1.82) is 0 Å². The van der Waals surface area contributed by atoms with E-state index in [1.165, 1.54) is 0 Å². The van der Waals surface area contributed by atoms with E-state index in [1.54, 1.807) is 25.3 Å². The molecule has 1 aromatic rings. The Morgan fingerprint density at radius 1 is 1.45 bits per heavy atom. The molecule has 0 radical (unpaired) electrons. The van der Waals surface area contributed by atoms with E-state index in [-0.39, 0.29) is 17.0 Å². The quantitative estimate of drug-likeness (QED) is 0.835. The lowest BCUT2D eigenvalue weighted by atomic mass is 10.2. The maximum absolute atomic E-state index is 12.4. The average Bonchev–Trinajstić information content (AvgIpc) is 2.86. The number of nitrogens with one attached hydrogen (secondary N) is 1. The van der Waals surface area contributed by atoms with Crippen LogP contribution >= 0.6 is 15.9 Å². The standard InChI is InChI=1S/C13H19BrN2O3S/c1-19-11-4-3-10(7-11)16-20(17,18)13-6-9(8-15)2-5-12(13)14/h2,5-6,10-11,16H,3-4,7-8,15H2,1H3. The highest BCUT2D eigenvalue weighted by Gasteiger charge is 2.29. The van der Waals surface area contributed by atoms with E-state index >= 15 is 0 Å². The molecule has 2 atom stereocenters. The van der Waals surface area contributed by atoms with Crippen LogP contribution in [0.1, 0.15) is 24.8 Å². The third-order valence-electron chi connectivity index (χ3n) is 3.56. The maximum Gasteiger partial charge on any atom is 0.241 e. The molecule has 0 heterocycles. The van der Waals surface area contributed by atoms with Crippen molar-refractivity contribution in [2.75, 3.05) is 7.11 Å². The summed E-state index contributed by atoms with van der Waals surface area (Å²) >= 11 is 3.29. The number of halogens is 1. The molecule has 0 saturated heterocycles. The van der Waals surface area contributed by atoms with Crippen molar-refractivity contribution in [2.24, 2.45) is 5.73 Å². The van der Waals surface area contributed by atoms with Gasteiger partial charge in [-0.1, -0.05) is 6.07 Å². The first kappa shape index (κ1) is 15.9. The van der Waals surface area contributed by atoms with Crippen LogP contribution in [0.15, 0.2) is 27.6 Å². The number of nitrogens with two attached hydrogens (primary N) is 1. The van der Waals surface area contributed by atoms with E-state index in [0.717, 1.165) is 18.4 Å². The van der Waals surface area contributed by atoms with Crippen molar-refractivity contribution in [2.45, 2.75) is 42.8 Å². The Balaban J connectivity index is 2.18. The fourth-order valence-corrected chi connectivity index (χ4v) is 4.72. The number of hydrogen-bond donors (Lipinski definition) is 2. The third kappa shape index (κ3) is 3.59. The Hall–Kier alpha value is -0.470. The van der Waals surface area contributed by atoms with Gasteiger partial charge >= 0.3 is 0 Å². The molecule has 2 rings (SSSR count). The van der Waals surface area contributed by atoms with Crippen molar-refractivity contribution in [3.05, 3.63) is 28.2 Å². The predicted octanol–water partition coefficient (Wildman–Crippen LogP) is 1.75. The Morgan fingerprint density at radius 3 is 2.80 bits per heavy atom. The summed E-state index contributed by atoms with van der Waals surface area (Å²) in [6, 6.07) is 5.05. The zero-order chi connectivity index (χ0) is 14.8. The zero-order valence-electron chi connectivity index (χ0n) is 11.3. The van der Waals surface area contributed by atoms with Gasteiger partial charge in [-0.3, -0.25) is 0 Å². The summed E-state index contributed by atoms with van der Waals surface area (Å²) in [6.07, 6.45) is 2.53. The van der Waals surface area contributed by atoms with Crippen LogP contribution in [0.25, 0.3) is 0 Å². The second-order valence-corrected chi connectivity index (χ2v) is 7.49. The van der Waals surface area contributed by atoms with Crippen LogP contribution in [-0.2, 0) is 21.3 Å². The van der Waals surface area contributed by atoms with Gasteiger partial charge in [-0.2, -0.15) is 0 Å². The molecule has 0 aliphatic heterocycles. The molecular formula is C13H19BrN2O3S. The lowest BCUT2D eigenvalue weighted by Crippen LogP contribution is -2.33. The summed E-state index contributed by atoms with van der Waals surface area (Å²) in [5.74, 6) is 0. The van der Waals surface area contributed by atoms with Gasteiger partial charge < -0.3 is 10.5 Å². The first-order valence-electron chi connectivity index (χ1n) is 6.50. The monoisotopic (exact) mass is 362 g/mol. The number of rotatable bonds is 5. The van der Waals surface area contributed by atoms with Crippen LogP contribution in [-0.4, -0.2) is 27.7 Å². The molecule has 0 bridgehead atoms. The van der Waals surface area contributed by atoms with E-state index < -0.39 is 10.0 Å². The highest BCUT2D eigenvalue weighted by atomic mass is 79.9. The molecule has 3 N–H and O–H groups in total. The number of benzene rings is 1. The highest BCUT2D eigenvalue weighted by molar-refractivity contribution is 9.10. The first-order valence-corrected chi connectivity index (χ1v) is 8.77. The molecule has 1 saturated carbocycles. The van der Waals surface area contributed by atoms with Gasteiger partial charge in [-0.05, 0) is 52.9 Å². The molecule has 1 fully saturated rings. The van der Waals surface area contributed by atoms with Crippen molar-refractivity contribution in [3.63, 3.8) is 0 Å². The number of ether oxygens (including phenoxy) is 1. The minimum absolute atomic E-state index is 0.0709. The summed E-state index contributed by atoms with van der Waals surface area (Å²) in [4.78, 5) is 0.237. The lowest BCUT2D eigenvalue weighted by molar-refractivity contribution is 0.107. The summed E-state index contributed by atoms with van der Waals surface area (Å²) in [6.45, 7) is 0.310. The second kappa shape index (κ2) is 6.53. The molecule has 0 amide bonds. The van der Waals surface area contributed by atoms with Crippen molar-refractivity contribution in [1.82, 2.24) is 4.72 Å². The van der Waals surface area contributed by atoms with Crippen LogP contribution in [0.2, 0.25) is 0 Å². The van der Waals surface area contributed by atoms with Crippen molar-refractivity contribution in [3.8, 4) is 0 Å². The topological polar surface area (TPSA) is 81.4 Å². The second-order valence-electron chi connectivity index (χ2n) is 4.96. The van der Waals surface area contributed by atoms with Gasteiger partial charge in [-0.15, -0.1) is 0 Å². The third-order valence-corrected chi connectivity index (χ3v) is 6.07. The number of methoxy groups -OCH3 is 1. The Morgan fingerprint density at radius 2 is 2.20 bits per heavy atom. The molecule has 7 heteroatoms. The maximum atomic E-state index is 12.4. The van der Waals surface area contributed by atoms with Gasteiger partial charge in [0.2, 0.25) is 10.0 Å². The molecular weight excluding hydrogens is 344 g/mol. The van der Waals surface area contributed by atoms with E-state index in [0.29, 0.717) is 17.4 Å². The first-order chi connectivity index (χ1) is 9.46. The normalized spacial score (nSPS) is 23.1. The molecule has 112 valence electrons. The Kier molecular flexibility index (Phi) is 5.19. The molecule has 2 unspecified atom stereocenters. The smallest absolute Gasteiger partial charge is 0.241 e. The van der Waals surface area contributed by atoms with Crippen LogP contribution in [0.5, 0.6) is 0 Å². The van der Waals surface area contributed by atoms with Crippen LogP contribution < -0.4 is 10.5 Å². The summed E-state index contributed by atoms with van der Waals surface area (Å²) < 4.78 is 33.5.